The van der Waals surface area contributed by atoms with Gasteiger partial charge in [-0.25, -0.2) is 13.2 Å². The predicted molar refractivity (Wildman–Crippen MR) is 135 cm³/mol. The van der Waals surface area contributed by atoms with Crippen molar-refractivity contribution in [1.29, 1.82) is 0 Å². The van der Waals surface area contributed by atoms with Crippen LogP contribution >= 0.6 is 11.6 Å². The summed E-state index contributed by atoms with van der Waals surface area (Å²) in [6.07, 6.45) is 1.80. The number of fused-ring (bicyclic) bond motifs is 1. The molecular weight excluding hydrogens is 486 g/mol. The van der Waals surface area contributed by atoms with E-state index in [9.17, 15) is 18.0 Å². The van der Waals surface area contributed by atoms with Crippen LogP contribution in [0.4, 0.5) is 0 Å². The Kier molecular flexibility index (Phi) is 7.01. The van der Waals surface area contributed by atoms with Crippen molar-refractivity contribution in [1.82, 2.24) is 5.32 Å². The Labute approximate surface area is 210 Å². The van der Waals surface area contributed by atoms with Crippen LogP contribution in [0.2, 0.25) is 5.02 Å². The number of ether oxygens (including phenoxy) is 1. The molecule has 182 valence electrons. The van der Waals surface area contributed by atoms with Crippen LogP contribution in [0.1, 0.15) is 23.6 Å². The summed E-state index contributed by atoms with van der Waals surface area (Å²) in [4.78, 5) is 26.2. The fourth-order valence-corrected chi connectivity index (χ4v) is 5.16. The second-order valence-electron chi connectivity index (χ2n) is 8.79. The topological polar surface area (TPSA) is 89.5 Å². The molecule has 1 amide bonds. The maximum absolute atomic E-state index is 13.1. The summed E-state index contributed by atoms with van der Waals surface area (Å²) in [6, 6.07) is 19.7. The van der Waals surface area contributed by atoms with E-state index in [0.717, 1.165) is 28.5 Å². The molecule has 0 saturated heterocycles. The van der Waals surface area contributed by atoms with Gasteiger partial charge in [0.15, 0.2) is 9.84 Å². The highest BCUT2D eigenvalue weighted by molar-refractivity contribution is 7.90. The van der Waals surface area contributed by atoms with E-state index in [4.69, 9.17) is 16.3 Å². The van der Waals surface area contributed by atoms with E-state index in [2.05, 4.69) is 5.32 Å². The van der Waals surface area contributed by atoms with Gasteiger partial charge in [0.1, 0.15) is 5.54 Å². The summed E-state index contributed by atoms with van der Waals surface area (Å²) in [5.41, 5.74) is 3.41. The van der Waals surface area contributed by atoms with Crippen molar-refractivity contribution in [3.8, 4) is 11.1 Å². The van der Waals surface area contributed by atoms with Gasteiger partial charge >= 0.3 is 5.97 Å². The normalized spacial score (nSPS) is 17.0. The first-order valence-electron chi connectivity index (χ1n) is 11.2. The number of rotatable bonds is 7. The average Bonchev–Trinajstić information content (AvgIpc) is 3.18. The Morgan fingerprint density at radius 1 is 0.943 bits per heavy atom. The third-order valence-corrected chi connectivity index (χ3v) is 7.51. The first-order chi connectivity index (χ1) is 16.6. The number of hydrogen-bond acceptors (Lipinski definition) is 5. The Balaban J connectivity index is 1.55. The average molecular weight is 512 g/mol. The molecule has 4 rings (SSSR count). The molecule has 0 aromatic heterocycles. The Bertz CT molecular complexity index is 1370. The molecule has 6 nitrogen and oxygen atoms in total. The third-order valence-electron chi connectivity index (χ3n) is 6.13. The van der Waals surface area contributed by atoms with Crippen molar-refractivity contribution in [2.45, 2.75) is 36.6 Å². The van der Waals surface area contributed by atoms with Gasteiger partial charge in [-0.15, -0.1) is 0 Å². The van der Waals surface area contributed by atoms with Gasteiger partial charge in [0.2, 0.25) is 5.91 Å². The first-order valence-corrected chi connectivity index (χ1v) is 13.5. The van der Waals surface area contributed by atoms with E-state index in [1.807, 2.05) is 42.5 Å². The number of carbonyl (C=O) groups is 2. The van der Waals surface area contributed by atoms with E-state index in [1.54, 1.807) is 19.1 Å². The second kappa shape index (κ2) is 9.84. The highest BCUT2D eigenvalue weighted by Crippen LogP contribution is 2.35. The molecule has 1 aliphatic rings. The van der Waals surface area contributed by atoms with Crippen molar-refractivity contribution >= 4 is 33.3 Å². The summed E-state index contributed by atoms with van der Waals surface area (Å²) in [7, 11) is -3.32. The van der Waals surface area contributed by atoms with Crippen molar-refractivity contribution in [2.24, 2.45) is 0 Å². The minimum atomic E-state index is -3.32. The van der Waals surface area contributed by atoms with E-state index < -0.39 is 21.3 Å². The Morgan fingerprint density at radius 2 is 1.57 bits per heavy atom. The molecule has 0 heterocycles. The van der Waals surface area contributed by atoms with Crippen LogP contribution in [0.25, 0.3) is 11.1 Å². The molecule has 1 aliphatic carbocycles. The number of halogens is 1. The summed E-state index contributed by atoms with van der Waals surface area (Å²) in [5.74, 6) is -0.805. The zero-order valence-electron chi connectivity index (χ0n) is 19.5. The zero-order chi connectivity index (χ0) is 25.2. The van der Waals surface area contributed by atoms with Crippen LogP contribution in [0, 0.1) is 0 Å². The fourth-order valence-electron chi connectivity index (χ4n) is 4.40. The zero-order valence-corrected chi connectivity index (χ0v) is 21.1. The number of benzene rings is 3. The molecule has 1 unspecified atom stereocenters. The molecule has 8 heteroatoms. The van der Waals surface area contributed by atoms with Crippen molar-refractivity contribution < 1.29 is 22.7 Å². The number of carbonyl (C=O) groups excluding carboxylic acids is 2. The van der Waals surface area contributed by atoms with Gasteiger partial charge < -0.3 is 10.1 Å². The van der Waals surface area contributed by atoms with Gasteiger partial charge in [0.05, 0.1) is 17.9 Å². The van der Waals surface area contributed by atoms with E-state index >= 15 is 0 Å². The molecule has 0 aliphatic heterocycles. The molecule has 0 radical (unpaired) electrons. The number of nitrogens with one attached hydrogen (secondary N) is 1. The smallest absolute Gasteiger partial charge is 0.332 e. The number of amides is 1. The van der Waals surface area contributed by atoms with Crippen molar-refractivity contribution in [3.63, 3.8) is 0 Å². The van der Waals surface area contributed by atoms with E-state index in [1.165, 1.54) is 12.1 Å². The molecule has 0 bridgehead atoms. The molecule has 0 spiro atoms. The van der Waals surface area contributed by atoms with Crippen LogP contribution in [0.3, 0.4) is 0 Å². The van der Waals surface area contributed by atoms with Crippen LogP contribution in [-0.2, 0) is 43.4 Å². The van der Waals surface area contributed by atoms with E-state index in [-0.39, 0.29) is 23.8 Å². The predicted octanol–water partition coefficient (Wildman–Crippen LogP) is 4.17. The Hall–Kier alpha value is -3.16. The lowest BCUT2D eigenvalue weighted by atomic mass is 9.95. The standard InChI is InChI=1S/C27H26ClNO5S/c1-3-34-26(31)27(29-25(30)14-18-4-12-24(13-5-18)35(2,32)33)16-21-7-6-20(15-22(21)17-27)19-8-10-23(28)11-9-19/h4-13,15H,3,14,16-17H2,1-2H3,(H,29,30). The van der Waals surface area contributed by atoms with Crippen LogP contribution in [0.5, 0.6) is 0 Å². The second-order valence-corrected chi connectivity index (χ2v) is 11.2. The van der Waals surface area contributed by atoms with Gasteiger partial charge in [0.25, 0.3) is 0 Å². The fraction of sp³-hybridized carbons (Fsp3) is 0.259. The number of sulfone groups is 1. The highest BCUT2D eigenvalue weighted by Gasteiger charge is 2.46. The molecule has 1 N–H and O–H groups in total. The SMILES string of the molecule is CCOC(=O)C1(NC(=O)Cc2ccc(S(C)(=O)=O)cc2)Cc2ccc(-c3ccc(Cl)cc3)cc2C1. The summed E-state index contributed by atoms with van der Waals surface area (Å²) in [5, 5.41) is 3.59. The maximum atomic E-state index is 13.1. The number of esters is 1. The van der Waals surface area contributed by atoms with E-state index in [0.29, 0.717) is 23.4 Å². The van der Waals surface area contributed by atoms with Crippen molar-refractivity contribution in [2.75, 3.05) is 12.9 Å². The van der Waals surface area contributed by atoms with Crippen molar-refractivity contribution in [3.05, 3.63) is 88.4 Å². The molecule has 3 aromatic carbocycles. The lowest BCUT2D eigenvalue weighted by molar-refractivity contribution is -0.153. The maximum Gasteiger partial charge on any atom is 0.332 e. The number of hydrogen-bond donors (Lipinski definition) is 1. The molecule has 35 heavy (non-hydrogen) atoms. The van der Waals surface area contributed by atoms with Crippen LogP contribution in [0.15, 0.2) is 71.6 Å². The summed E-state index contributed by atoms with van der Waals surface area (Å²) in [6.45, 7) is 1.94. The van der Waals surface area contributed by atoms with Crippen LogP contribution in [-0.4, -0.2) is 38.7 Å². The molecule has 3 aromatic rings. The Morgan fingerprint density at radius 3 is 2.20 bits per heavy atom. The summed E-state index contributed by atoms with van der Waals surface area (Å²) < 4.78 is 28.7. The summed E-state index contributed by atoms with van der Waals surface area (Å²) >= 11 is 6.01. The largest absolute Gasteiger partial charge is 0.464 e. The molecule has 0 saturated carbocycles. The van der Waals surface area contributed by atoms with Gasteiger partial charge in [0, 0.05) is 24.1 Å². The molecule has 1 atom stereocenters. The van der Waals surface area contributed by atoms with Crippen LogP contribution < -0.4 is 5.32 Å². The highest BCUT2D eigenvalue weighted by atomic mass is 35.5. The third kappa shape index (κ3) is 5.57. The molecule has 0 fully saturated rings. The van der Waals surface area contributed by atoms with Gasteiger partial charge in [-0.2, -0.15) is 0 Å². The van der Waals surface area contributed by atoms with Gasteiger partial charge in [-0.05, 0) is 59.0 Å². The van der Waals surface area contributed by atoms with Gasteiger partial charge in [-0.3, -0.25) is 4.79 Å². The first kappa shape index (κ1) is 24.9. The lowest BCUT2D eigenvalue weighted by Gasteiger charge is -2.28. The quantitative estimate of drug-likeness (QED) is 0.481. The van der Waals surface area contributed by atoms with Gasteiger partial charge in [-0.1, -0.05) is 54.1 Å². The minimum absolute atomic E-state index is 0.0115. The monoisotopic (exact) mass is 511 g/mol. The molecular formula is C27H26ClNO5S. The lowest BCUT2D eigenvalue weighted by Crippen LogP contribution is -2.56. The minimum Gasteiger partial charge on any atom is -0.464 e.